The molecule has 4 heteroatoms. The van der Waals surface area contributed by atoms with E-state index in [0.717, 1.165) is 0 Å². The van der Waals surface area contributed by atoms with Crippen molar-refractivity contribution in [2.24, 2.45) is 0 Å². The van der Waals surface area contributed by atoms with Crippen molar-refractivity contribution in [3.8, 4) is 0 Å². The lowest BCUT2D eigenvalue weighted by molar-refractivity contribution is 0.104. The summed E-state index contributed by atoms with van der Waals surface area (Å²) < 4.78 is 0. The number of nitrogens with one attached hydrogen (secondary N) is 1. The zero-order chi connectivity index (χ0) is 10.8. The van der Waals surface area contributed by atoms with Gasteiger partial charge in [-0.3, -0.25) is 9.59 Å². The second-order valence-electron chi connectivity index (χ2n) is 3.17. The first-order valence-corrected chi connectivity index (χ1v) is 5.34. The summed E-state index contributed by atoms with van der Waals surface area (Å²) in [5.74, 6) is -0.0428. The molecule has 2 aromatic rings. The van der Waals surface area contributed by atoms with Crippen LogP contribution in [0.15, 0.2) is 34.4 Å². The number of ketones is 1. The van der Waals surface area contributed by atoms with Gasteiger partial charge in [0.25, 0.3) is 0 Å². The second-order valence-corrected chi connectivity index (χ2v) is 4.12. The fourth-order valence-corrected chi connectivity index (χ4v) is 2.04. The van der Waals surface area contributed by atoms with Gasteiger partial charge in [0.05, 0.1) is 4.88 Å². The van der Waals surface area contributed by atoms with Crippen LogP contribution in [-0.2, 0) is 0 Å². The Labute approximate surface area is 90.4 Å². The third kappa shape index (κ3) is 1.89. The molecule has 0 fully saturated rings. The van der Waals surface area contributed by atoms with Crippen LogP contribution in [0.4, 0.5) is 0 Å². The standard InChI is InChI=1S/C11H9NO2S/c1-7-8(4-5-10(13)12-7)11(14)9-3-2-6-15-9/h2-6H,1H3,(H,12,13). The zero-order valence-corrected chi connectivity index (χ0v) is 8.93. The van der Waals surface area contributed by atoms with Crippen molar-refractivity contribution in [1.82, 2.24) is 4.98 Å². The first kappa shape index (κ1) is 9.86. The summed E-state index contributed by atoms with van der Waals surface area (Å²) in [6.07, 6.45) is 0. The van der Waals surface area contributed by atoms with Gasteiger partial charge in [-0.2, -0.15) is 0 Å². The van der Waals surface area contributed by atoms with Gasteiger partial charge in [-0.1, -0.05) is 6.07 Å². The molecule has 0 unspecified atom stereocenters. The summed E-state index contributed by atoms with van der Waals surface area (Å²) in [5, 5.41) is 1.86. The Balaban J connectivity index is 2.47. The van der Waals surface area contributed by atoms with Crippen LogP contribution in [0.3, 0.4) is 0 Å². The third-order valence-corrected chi connectivity index (χ3v) is 2.97. The second kappa shape index (κ2) is 3.82. The summed E-state index contributed by atoms with van der Waals surface area (Å²) in [6, 6.07) is 6.54. The summed E-state index contributed by atoms with van der Waals surface area (Å²) in [6.45, 7) is 1.72. The van der Waals surface area contributed by atoms with Gasteiger partial charge in [0, 0.05) is 17.3 Å². The van der Waals surface area contributed by atoms with E-state index in [-0.39, 0.29) is 11.3 Å². The van der Waals surface area contributed by atoms with Crippen molar-refractivity contribution in [2.75, 3.05) is 0 Å². The minimum atomic E-state index is -0.185. The highest BCUT2D eigenvalue weighted by Gasteiger charge is 2.12. The Bertz CT molecular complexity index is 540. The largest absolute Gasteiger partial charge is 0.326 e. The summed E-state index contributed by atoms with van der Waals surface area (Å²) >= 11 is 1.40. The normalized spacial score (nSPS) is 10.2. The third-order valence-electron chi connectivity index (χ3n) is 2.11. The van der Waals surface area contributed by atoms with Gasteiger partial charge in [-0.25, -0.2) is 0 Å². The monoisotopic (exact) mass is 219 g/mol. The number of H-pyrrole nitrogens is 1. The lowest BCUT2D eigenvalue weighted by atomic mass is 10.1. The van der Waals surface area contributed by atoms with E-state index in [0.29, 0.717) is 16.1 Å². The highest BCUT2D eigenvalue weighted by atomic mass is 32.1. The fraction of sp³-hybridized carbons (Fsp3) is 0.0909. The Kier molecular flexibility index (Phi) is 2.51. The van der Waals surface area contributed by atoms with Crippen LogP contribution in [0.2, 0.25) is 0 Å². The molecule has 0 aromatic carbocycles. The van der Waals surface area contributed by atoms with E-state index in [1.54, 1.807) is 19.1 Å². The molecule has 0 amide bonds. The topological polar surface area (TPSA) is 49.9 Å². The number of carbonyl (C=O) groups is 1. The van der Waals surface area contributed by atoms with Crippen molar-refractivity contribution in [3.05, 3.63) is 56.1 Å². The number of rotatable bonds is 2. The van der Waals surface area contributed by atoms with Crippen LogP contribution in [0.1, 0.15) is 20.9 Å². The van der Waals surface area contributed by atoms with Gasteiger partial charge in [-0.05, 0) is 24.4 Å². The minimum Gasteiger partial charge on any atom is -0.326 e. The number of carbonyl (C=O) groups excluding carboxylic acids is 1. The van der Waals surface area contributed by atoms with Crippen molar-refractivity contribution < 1.29 is 4.79 Å². The van der Waals surface area contributed by atoms with Crippen molar-refractivity contribution in [2.45, 2.75) is 6.92 Å². The maximum atomic E-state index is 11.9. The van der Waals surface area contributed by atoms with E-state index in [2.05, 4.69) is 4.98 Å². The van der Waals surface area contributed by atoms with Gasteiger partial charge in [0.15, 0.2) is 0 Å². The number of hydrogen-bond donors (Lipinski definition) is 1. The molecular formula is C11H9NO2S. The van der Waals surface area contributed by atoms with Gasteiger partial charge < -0.3 is 4.98 Å². The first-order chi connectivity index (χ1) is 7.18. The van der Waals surface area contributed by atoms with E-state index in [1.807, 2.05) is 11.4 Å². The minimum absolute atomic E-state index is 0.0428. The highest BCUT2D eigenvalue weighted by molar-refractivity contribution is 7.12. The number of pyridine rings is 1. The Hall–Kier alpha value is -1.68. The van der Waals surface area contributed by atoms with E-state index < -0.39 is 0 Å². The molecule has 0 aliphatic rings. The lowest BCUT2D eigenvalue weighted by Crippen LogP contribution is -2.11. The first-order valence-electron chi connectivity index (χ1n) is 4.46. The summed E-state index contributed by atoms with van der Waals surface area (Å²) in [7, 11) is 0. The van der Waals surface area contributed by atoms with Crippen LogP contribution >= 0.6 is 11.3 Å². The lowest BCUT2D eigenvalue weighted by Gasteiger charge is -2.01. The quantitative estimate of drug-likeness (QED) is 0.785. The molecule has 2 aromatic heterocycles. The molecule has 0 saturated carbocycles. The molecule has 2 rings (SSSR count). The Morgan fingerprint density at radius 2 is 2.13 bits per heavy atom. The predicted molar refractivity (Wildman–Crippen MR) is 59.6 cm³/mol. The number of aromatic nitrogens is 1. The van der Waals surface area contributed by atoms with E-state index in [9.17, 15) is 9.59 Å². The smallest absolute Gasteiger partial charge is 0.248 e. The van der Waals surface area contributed by atoms with Gasteiger partial charge >= 0.3 is 0 Å². The molecule has 15 heavy (non-hydrogen) atoms. The van der Waals surface area contributed by atoms with Crippen molar-refractivity contribution in [1.29, 1.82) is 0 Å². The van der Waals surface area contributed by atoms with E-state index >= 15 is 0 Å². The van der Waals surface area contributed by atoms with Crippen LogP contribution in [0, 0.1) is 6.92 Å². The number of aryl methyl sites for hydroxylation is 1. The molecule has 0 aliphatic carbocycles. The average Bonchev–Trinajstić information content (AvgIpc) is 2.69. The van der Waals surface area contributed by atoms with E-state index in [1.165, 1.54) is 17.4 Å². The molecule has 76 valence electrons. The molecule has 0 spiro atoms. The van der Waals surface area contributed by atoms with Crippen LogP contribution in [-0.4, -0.2) is 10.8 Å². The summed E-state index contributed by atoms with van der Waals surface area (Å²) in [5.41, 5.74) is 0.980. The Morgan fingerprint density at radius 3 is 2.73 bits per heavy atom. The predicted octanol–water partition coefficient (Wildman–Crippen LogP) is 1.98. The molecule has 0 aliphatic heterocycles. The SMILES string of the molecule is Cc1[nH]c(=O)ccc1C(=O)c1cccs1. The van der Waals surface area contributed by atoms with Gasteiger partial charge in [-0.15, -0.1) is 11.3 Å². The van der Waals surface area contributed by atoms with Crippen LogP contribution < -0.4 is 5.56 Å². The molecule has 0 atom stereocenters. The van der Waals surface area contributed by atoms with Gasteiger partial charge in [0.1, 0.15) is 0 Å². The molecule has 0 saturated heterocycles. The number of hydrogen-bond acceptors (Lipinski definition) is 3. The van der Waals surface area contributed by atoms with Crippen molar-refractivity contribution >= 4 is 17.1 Å². The maximum absolute atomic E-state index is 11.9. The highest BCUT2D eigenvalue weighted by Crippen LogP contribution is 2.15. The molecular weight excluding hydrogens is 210 g/mol. The van der Waals surface area contributed by atoms with Crippen molar-refractivity contribution in [3.63, 3.8) is 0 Å². The molecule has 0 bridgehead atoms. The fourth-order valence-electron chi connectivity index (χ4n) is 1.36. The van der Waals surface area contributed by atoms with Crippen LogP contribution in [0.25, 0.3) is 0 Å². The molecule has 2 heterocycles. The number of thiophene rings is 1. The molecule has 3 nitrogen and oxygen atoms in total. The Morgan fingerprint density at radius 1 is 1.33 bits per heavy atom. The average molecular weight is 219 g/mol. The zero-order valence-electron chi connectivity index (χ0n) is 8.11. The maximum Gasteiger partial charge on any atom is 0.248 e. The number of aromatic amines is 1. The summed E-state index contributed by atoms with van der Waals surface area (Å²) in [4.78, 5) is 26.2. The van der Waals surface area contributed by atoms with E-state index in [4.69, 9.17) is 0 Å². The molecule has 0 radical (unpaired) electrons. The van der Waals surface area contributed by atoms with Gasteiger partial charge in [0.2, 0.25) is 11.3 Å². The van der Waals surface area contributed by atoms with Crippen LogP contribution in [0.5, 0.6) is 0 Å². The molecule has 1 N–H and O–H groups in total.